The van der Waals surface area contributed by atoms with E-state index in [1.54, 1.807) is 86.6 Å². The van der Waals surface area contributed by atoms with Gasteiger partial charge in [-0.25, -0.2) is 49.5 Å². The lowest BCUT2D eigenvalue weighted by Gasteiger charge is -2.37. The highest BCUT2D eigenvalue weighted by Gasteiger charge is 2.42. The largest absolute Gasteiger partial charge is 0.494 e. The van der Waals surface area contributed by atoms with Crippen molar-refractivity contribution in [2.24, 2.45) is 47.3 Å². The molecule has 0 saturated heterocycles. The number of nitrogens with zero attached hydrogens (tertiary/aromatic N) is 6. The van der Waals surface area contributed by atoms with Crippen molar-refractivity contribution in [1.82, 2.24) is 0 Å². The maximum atomic E-state index is 14.1. The molecule has 606 valence electrons. The third kappa shape index (κ3) is 21.2. The average molecular weight is 1700 g/mol. The maximum Gasteiger partial charge on any atom is 0.343 e. The molecule has 0 amide bonds. The highest BCUT2D eigenvalue weighted by molar-refractivity contribution is 8.25. The van der Waals surface area contributed by atoms with Crippen LogP contribution in [0.4, 0.5) is 0 Å². The van der Waals surface area contributed by atoms with E-state index >= 15 is 0 Å². The van der Waals surface area contributed by atoms with E-state index in [2.05, 4.69) is 27.7 Å². The molecule has 118 heavy (non-hydrogen) atoms. The molecule has 3 heterocycles. The van der Waals surface area contributed by atoms with E-state index in [1.807, 2.05) is 18.2 Å². The van der Waals surface area contributed by atoms with Crippen LogP contribution in [0.25, 0.3) is 14.5 Å². The molecule has 0 radical (unpaired) electrons. The summed E-state index contributed by atoms with van der Waals surface area (Å²) >= 11 is 6.68. The minimum absolute atomic E-state index is 0.143. The number of hydrogen-bond donors (Lipinski definition) is 0. The van der Waals surface area contributed by atoms with Gasteiger partial charge in [-0.05, 0) is 250 Å². The number of esters is 8. The quantitative estimate of drug-likeness (QED) is 0.0112. The van der Waals surface area contributed by atoms with Crippen LogP contribution in [0.3, 0.4) is 0 Å². The molecule has 3 aliphatic heterocycles. The number of allylic oxidation sites excluding steroid dienone is 3. The molecule has 0 aromatic heterocycles. The zero-order valence-corrected chi connectivity index (χ0v) is 69.5. The first kappa shape index (κ1) is 86.5. The second-order valence-electron chi connectivity index (χ2n) is 29.1. The number of fused-ring (bicyclic) bond motifs is 3. The number of carbonyl (C=O) groups is 8. The second kappa shape index (κ2) is 41.1. The van der Waals surface area contributed by atoms with Gasteiger partial charge in [0.05, 0.1) is 141 Å². The molecular weight excluding hydrogens is 1620 g/mol. The molecule has 30 heteroatoms. The molecule has 12 rings (SSSR count). The average Bonchev–Trinajstić information content (AvgIpc) is 1.64. The Hall–Kier alpha value is -10.8. The van der Waals surface area contributed by atoms with Gasteiger partial charge < -0.3 is 47.4 Å². The lowest BCUT2D eigenvalue weighted by Crippen LogP contribution is -2.32. The first-order valence-electron chi connectivity index (χ1n) is 38.7. The summed E-state index contributed by atoms with van der Waals surface area (Å²) in [6, 6.07) is 25.1. The van der Waals surface area contributed by atoms with Crippen molar-refractivity contribution in [3.8, 4) is 64.2 Å². The number of ether oxygens (including phenoxy) is 10. The number of thioether (sulfide) groups is 6. The monoisotopic (exact) mass is 1700 g/mol. The predicted molar refractivity (Wildman–Crippen MR) is 441 cm³/mol. The molecule has 0 unspecified atom stereocenters. The summed E-state index contributed by atoms with van der Waals surface area (Å²) in [5.74, 6) is -1.81. The van der Waals surface area contributed by atoms with E-state index in [-0.39, 0.29) is 75.9 Å². The van der Waals surface area contributed by atoms with Crippen molar-refractivity contribution in [1.29, 1.82) is 15.8 Å². The number of hydrogen-bond acceptors (Lipinski definition) is 27. The molecule has 0 atom stereocenters. The zero-order chi connectivity index (χ0) is 83.5. The van der Waals surface area contributed by atoms with E-state index < -0.39 is 71.4 Å². The fourth-order valence-electron chi connectivity index (χ4n) is 15.4. The van der Waals surface area contributed by atoms with Gasteiger partial charge in [-0.15, -0.1) is 0 Å². The number of unbranched alkanes of at least 4 members (excludes halogenated alkanes) is 2. The second-order valence-corrected chi connectivity index (χ2v) is 36.0. The van der Waals surface area contributed by atoms with Gasteiger partial charge in [0.2, 0.25) is 0 Å². The maximum absolute atomic E-state index is 14.1. The Morgan fingerprint density at radius 3 is 0.958 bits per heavy atom. The molecule has 0 N–H and O–H groups in total. The predicted octanol–water partition coefficient (Wildman–Crippen LogP) is 20.2. The molecule has 0 spiro atoms. The van der Waals surface area contributed by atoms with E-state index in [1.165, 1.54) is 0 Å². The molecule has 4 fully saturated rings. The highest BCUT2D eigenvalue weighted by atomic mass is 32.2. The van der Waals surface area contributed by atoms with Gasteiger partial charge in [0.15, 0.2) is 0 Å². The Balaban J connectivity index is 0.597. The third-order valence-corrected chi connectivity index (χ3v) is 29.5. The van der Waals surface area contributed by atoms with Crippen molar-refractivity contribution in [3.05, 3.63) is 184 Å². The van der Waals surface area contributed by atoms with Crippen LogP contribution in [0.15, 0.2) is 157 Å². The summed E-state index contributed by atoms with van der Waals surface area (Å²) < 4.78 is 59.4. The third-order valence-electron chi connectivity index (χ3n) is 21.7. The van der Waals surface area contributed by atoms with Crippen LogP contribution in [0, 0.1) is 115 Å². The minimum atomic E-state index is -0.663. The van der Waals surface area contributed by atoms with Crippen molar-refractivity contribution in [2.75, 3.05) is 26.4 Å². The fourth-order valence-corrected chi connectivity index (χ4v) is 22.9. The summed E-state index contributed by atoms with van der Waals surface area (Å²) in [6.07, 6.45) is 15.6. The van der Waals surface area contributed by atoms with E-state index in [9.17, 15) is 54.1 Å². The highest BCUT2D eigenvalue weighted by Crippen LogP contribution is 2.63. The summed E-state index contributed by atoms with van der Waals surface area (Å²) in [7, 11) is 0. The van der Waals surface area contributed by atoms with Crippen molar-refractivity contribution < 1.29 is 85.7 Å². The number of rotatable bonds is 28. The van der Waals surface area contributed by atoms with Crippen molar-refractivity contribution in [3.63, 3.8) is 0 Å². The van der Waals surface area contributed by atoms with Crippen LogP contribution < -0.4 is 37.9 Å². The number of nitriles is 3. The Bertz CT molecular complexity index is 4830. The Morgan fingerprint density at radius 1 is 0.390 bits per heavy atom. The lowest BCUT2D eigenvalue weighted by atomic mass is 9.69. The fraction of sp³-hybridized carbons (Fsp3) is 0.386. The van der Waals surface area contributed by atoms with E-state index in [4.69, 9.17) is 67.1 Å². The molecule has 7 aliphatic rings. The van der Waals surface area contributed by atoms with Gasteiger partial charge in [-0.3, -0.25) is 19.2 Å². The number of benzene rings is 5. The zero-order valence-electron chi connectivity index (χ0n) is 64.6. The first-order valence-corrected chi connectivity index (χ1v) is 43.6. The Kier molecular flexibility index (Phi) is 30.1. The van der Waals surface area contributed by atoms with Crippen molar-refractivity contribution in [2.45, 2.75) is 172 Å². The minimum Gasteiger partial charge on any atom is -0.494 e. The topological polar surface area (TPSA) is 313 Å². The first-order chi connectivity index (χ1) is 57.2. The van der Waals surface area contributed by atoms with Gasteiger partial charge in [0.25, 0.3) is 17.1 Å². The summed E-state index contributed by atoms with van der Waals surface area (Å²) in [5, 5.41) is 29.6. The van der Waals surface area contributed by atoms with Gasteiger partial charge >= 0.3 is 47.8 Å². The van der Waals surface area contributed by atoms with Crippen molar-refractivity contribution >= 4 is 118 Å². The van der Waals surface area contributed by atoms with Crippen LogP contribution in [-0.2, 0) is 38.2 Å². The molecule has 4 saturated carbocycles. The molecule has 4 aliphatic carbocycles. The van der Waals surface area contributed by atoms with Crippen LogP contribution in [0.2, 0.25) is 0 Å². The van der Waals surface area contributed by atoms with Crippen LogP contribution >= 0.6 is 70.6 Å². The summed E-state index contributed by atoms with van der Waals surface area (Å²) in [5.41, 5.74) is 1.06. The molecule has 24 nitrogen and oxygen atoms in total. The van der Waals surface area contributed by atoms with E-state index in [0.717, 1.165) is 134 Å². The molecule has 5 aromatic rings. The standard InChI is InChI=1S/C88H80N6O18S6/c1-8-70(95)105-42-12-10-40-103-61-34-30-59(31-35-61)82(99)109-68-44-49(3)72(78-76(68)115-87(117-78)64(47-90)93-6)111-84(101)57-26-18-53(19-27-57)51-14-22-55(23-15-51)80(97)107-66-38-39-67(75-74(66)113-86(114-75)63(46-89)92-5)108-81(98)56-24-16-52(17-25-56)54-20-28-58(29-21-54)85(102)112-73-50(4)45-69(77-79(73)118-88(116-77)65(48-91)94-7)110-83(100)60-32-36-62(37-33-60)104-41-11-13-43-106-71(96)9-2/h8-9,30-39,44-45,51-58H,1-2,10-29,40-43H2,3-4H3/b86-63?,87-64-,88-65+. The normalized spacial score (nSPS) is 21.4. The van der Waals surface area contributed by atoms with Gasteiger partial charge in [-0.2, -0.15) is 0 Å². The van der Waals surface area contributed by atoms with Gasteiger partial charge in [0.1, 0.15) is 46.0 Å². The van der Waals surface area contributed by atoms with Gasteiger partial charge in [0, 0.05) is 12.2 Å². The summed E-state index contributed by atoms with van der Waals surface area (Å²) in [4.78, 5) is 119. The number of aryl methyl sites for hydroxylation is 2. The van der Waals surface area contributed by atoms with Crippen LogP contribution in [0.5, 0.6) is 46.0 Å². The van der Waals surface area contributed by atoms with Gasteiger partial charge in [-0.1, -0.05) is 83.7 Å². The molecule has 5 aromatic carbocycles. The van der Waals surface area contributed by atoms with Crippen LogP contribution in [0.1, 0.15) is 160 Å². The molecular formula is C88H80N6O18S6. The van der Waals surface area contributed by atoms with E-state index in [0.29, 0.717) is 179 Å². The Morgan fingerprint density at radius 2 is 0.669 bits per heavy atom. The smallest absolute Gasteiger partial charge is 0.343 e. The van der Waals surface area contributed by atoms with Crippen LogP contribution in [-0.4, -0.2) is 74.2 Å². The SMILES string of the molecule is [C-]#[N+]C(C#N)=C1Sc2c(OC(=O)C3CCC(C4CCC(C(=O)Oc5c(C)cc(OC(=O)c6ccc(OCCCCOC(=O)C=C)cc6)c6c5S/C(=C(/C#N)[N+]#[C-])S6)CC4)CC3)ccc(OC(=O)C3CCC(C4CCC(C(=O)Oc5c(C)cc(OC(=O)c6ccc(OCCCCOC(=O)C=C)cc6)c6c5S/C(=C(\C#N)[N+]#[C-])S6)CC4)CC3)c2S1. The number of carbonyl (C=O) groups excluding carboxylic acids is 8. The summed E-state index contributed by atoms with van der Waals surface area (Å²) in [6.45, 7) is 34.5. The molecule has 0 bridgehead atoms. The lowest BCUT2D eigenvalue weighted by molar-refractivity contribution is -0.142. The Labute approximate surface area is 708 Å².